The lowest BCUT2D eigenvalue weighted by Gasteiger charge is -2.14. The third kappa shape index (κ3) is 4.63. The van der Waals surface area contributed by atoms with Gasteiger partial charge in [0, 0.05) is 25.9 Å². The van der Waals surface area contributed by atoms with Crippen LogP contribution in [0, 0.1) is 18.6 Å². The van der Waals surface area contributed by atoms with E-state index in [1.54, 1.807) is 24.8 Å². The second-order valence-electron chi connectivity index (χ2n) is 5.21. The van der Waals surface area contributed by atoms with Crippen LogP contribution in [0.15, 0.2) is 35.3 Å². The van der Waals surface area contributed by atoms with E-state index in [1.807, 2.05) is 0 Å². The van der Waals surface area contributed by atoms with Gasteiger partial charge < -0.3 is 19.4 Å². The molecule has 8 heteroatoms. The number of anilines is 1. The van der Waals surface area contributed by atoms with Crippen molar-refractivity contribution >= 4 is 11.6 Å². The molecule has 0 unspecified atom stereocenters. The molecule has 2 aromatic rings. The molecule has 0 fully saturated rings. The molecule has 0 aliphatic carbocycles. The van der Waals surface area contributed by atoms with Gasteiger partial charge in [0.2, 0.25) is 5.43 Å². The van der Waals surface area contributed by atoms with Crippen LogP contribution >= 0.6 is 0 Å². The molecule has 0 aliphatic rings. The number of nitrogens with zero attached hydrogens (tertiary/aromatic N) is 1. The first-order valence-corrected chi connectivity index (χ1v) is 7.49. The third-order valence-corrected chi connectivity index (χ3v) is 3.50. The molecule has 0 radical (unpaired) electrons. The second-order valence-corrected chi connectivity index (χ2v) is 5.21. The Bertz CT molecular complexity index is 801. The van der Waals surface area contributed by atoms with E-state index in [0.717, 1.165) is 12.1 Å². The molecule has 134 valence electrons. The Balaban J connectivity index is 2.08. The molecule has 0 saturated heterocycles. The fraction of sp³-hybridized carbons (Fsp3) is 0.294. The fourth-order valence-corrected chi connectivity index (χ4v) is 2.19. The molecule has 0 saturated carbocycles. The van der Waals surface area contributed by atoms with E-state index < -0.39 is 35.3 Å². The normalized spacial score (nSPS) is 10.6. The molecule has 1 aromatic heterocycles. The number of halogens is 2. The van der Waals surface area contributed by atoms with E-state index >= 15 is 0 Å². The highest BCUT2D eigenvalue weighted by Gasteiger charge is 2.14. The summed E-state index contributed by atoms with van der Waals surface area (Å²) in [4.78, 5) is 23.8. The van der Waals surface area contributed by atoms with Gasteiger partial charge in [0.25, 0.3) is 5.91 Å². The van der Waals surface area contributed by atoms with Gasteiger partial charge in [-0.2, -0.15) is 0 Å². The first-order chi connectivity index (χ1) is 11.9. The minimum atomic E-state index is -0.897. The molecule has 0 bridgehead atoms. The highest BCUT2D eigenvalue weighted by molar-refractivity contribution is 5.92. The summed E-state index contributed by atoms with van der Waals surface area (Å²) in [5, 5.41) is 2.09. The molecule has 0 atom stereocenters. The Labute approximate surface area is 143 Å². The number of carbonyl (C=O) groups is 1. The van der Waals surface area contributed by atoms with Crippen molar-refractivity contribution in [2.45, 2.75) is 13.5 Å². The highest BCUT2D eigenvalue weighted by atomic mass is 19.1. The molecule has 1 amide bonds. The van der Waals surface area contributed by atoms with Crippen LogP contribution in [0.2, 0.25) is 0 Å². The van der Waals surface area contributed by atoms with Crippen molar-refractivity contribution in [1.82, 2.24) is 4.57 Å². The van der Waals surface area contributed by atoms with Crippen molar-refractivity contribution in [1.29, 1.82) is 0 Å². The van der Waals surface area contributed by atoms with Crippen LogP contribution in [0.1, 0.15) is 5.69 Å². The minimum Gasteiger partial charge on any atom is -0.478 e. The van der Waals surface area contributed by atoms with Crippen LogP contribution in [-0.2, 0) is 16.1 Å². The number of carbonyl (C=O) groups excluding carboxylic acids is 1. The summed E-state index contributed by atoms with van der Waals surface area (Å²) >= 11 is 0. The van der Waals surface area contributed by atoms with Gasteiger partial charge in [0.1, 0.15) is 17.3 Å². The molecular weight excluding hydrogens is 334 g/mol. The number of benzene rings is 1. The number of aromatic nitrogens is 1. The highest BCUT2D eigenvalue weighted by Crippen LogP contribution is 2.18. The predicted octanol–water partition coefficient (Wildman–Crippen LogP) is 2.10. The third-order valence-electron chi connectivity index (χ3n) is 3.50. The Kier molecular flexibility index (Phi) is 6.24. The number of para-hydroxylation sites is 1. The van der Waals surface area contributed by atoms with Crippen LogP contribution in [0.3, 0.4) is 0 Å². The Hall–Kier alpha value is -2.74. The average molecular weight is 352 g/mol. The van der Waals surface area contributed by atoms with Crippen molar-refractivity contribution in [3.63, 3.8) is 0 Å². The Morgan fingerprint density at radius 2 is 1.92 bits per heavy atom. The van der Waals surface area contributed by atoms with Gasteiger partial charge in [-0.1, -0.05) is 6.07 Å². The van der Waals surface area contributed by atoms with Crippen molar-refractivity contribution in [3.05, 3.63) is 58.0 Å². The lowest BCUT2D eigenvalue weighted by Crippen LogP contribution is -2.24. The molecule has 25 heavy (non-hydrogen) atoms. The van der Waals surface area contributed by atoms with E-state index in [2.05, 4.69) is 5.32 Å². The molecule has 1 N–H and O–H groups in total. The lowest BCUT2D eigenvalue weighted by molar-refractivity contribution is -0.118. The zero-order valence-corrected chi connectivity index (χ0v) is 13.8. The summed E-state index contributed by atoms with van der Waals surface area (Å²) in [6.07, 6.45) is 1.60. The van der Waals surface area contributed by atoms with Crippen molar-refractivity contribution < 1.29 is 23.0 Å². The van der Waals surface area contributed by atoms with Crippen LogP contribution in [0.4, 0.5) is 14.5 Å². The summed E-state index contributed by atoms with van der Waals surface area (Å²) in [6, 6.07) is 4.55. The minimum absolute atomic E-state index is 0.00255. The number of amides is 1. The monoisotopic (exact) mass is 352 g/mol. The topological polar surface area (TPSA) is 69.6 Å². The van der Waals surface area contributed by atoms with E-state index in [9.17, 15) is 18.4 Å². The summed E-state index contributed by atoms with van der Waals surface area (Å²) in [7, 11) is 1.56. The molecule has 6 nitrogen and oxygen atoms in total. The number of rotatable bonds is 7. The standard InChI is InChI=1S/C17H18F2N2O4/c1-11-17(14(22)6-7-21(11)8-9-24-2)25-10-15(23)20-16-12(18)4-3-5-13(16)19/h3-7H,8-10H2,1-2H3,(H,20,23). The maximum absolute atomic E-state index is 13.5. The number of hydrogen-bond acceptors (Lipinski definition) is 4. The van der Waals surface area contributed by atoms with Gasteiger partial charge in [0.15, 0.2) is 12.4 Å². The summed E-state index contributed by atoms with van der Waals surface area (Å²) in [5.41, 5.74) is -0.427. The van der Waals surface area contributed by atoms with Crippen LogP contribution in [0.5, 0.6) is 5.75 Å². The molecule has 2 rings (SSSR count). The van der Waals surface area contributed by atoms with Crippen LogP contribution < -0.4 is 15.5 Å². The quantitative estimate of drug-likeness (QED) is 0.829. The van der Waals surface area contributed by atoms with Gasteiger partial charge in [-0.05, 0) is 19.1 Å². The Morgan fingerprint density at radius 3 is 2.56 bits per heavy atom. The number of hydrogen-bond donors (Lipinski definition) is 1. The van der Waals surface area contributed by atoms with Crippen molar-refractivity contribution in [2.24, 2.45) is 0 Å². The molecule has 1 aromatic carbocycles. The lowest BCUT2D eigenvalue weighted by atomic mass is 10.3. The molecular formula is C17H18F2N2O4. The Morgan fingerprint density at radius 1 is 1.24 bits per heavy atom. The van der Waals surface area contributed by atoms with E-state index in [1.165, 1.54) is 12.1 Å². The van der Waals surface area contributed by atoms with Gasteiger partial charge in [-0.15, -0.1) is 0 Å². The first kappa shape index (κ1) is 18.6. The van der Waals surface area contributed by atoms with Gasteiger partial charge >= 0.3 is 0 Å². The SMILES string of the molecule is COCCn1ccc(=O)c(OCC(=O)Nc2c(F)cccc2F)c1C. The first-order valence-electron chi connectivity index (χ1n) is 7.49. The van der Waals surface area contributed by atoms with Gasteiger partial charge in [-0.3, -0.25) is 9.59 Å². The second kappa shape index (κ2) is 8.39. The van der Waals surface area contributed by atoms with Gasteiger partial charge in [-0.25, -0.2) is 8.78 Å². The van der Waals surface area contributed by atoms with E-state index in [4.69, 9.17) is 9.47 Å². The largest absolute Gasteiger partial charge is 0.478 e. The number of pyridine rings is 1. The smallest absolute Gasteiger partial charge is 0.262 e. The average Bonchev–Trinajstić information content (AvgIpc) is 2.57. The summed E-state index contributed by atoms with van der Waals surface area (Å²) in [6.45, 7) is 2.06. The summed E-state index contributed by atoms with van der Waals surface area (Å²) < 4.78 is 39.0. The van der Waals surface area contributed by atoms with Crippen molar-refractivity contribution in [3.8, 4) is 5.75 Å². The fourth-order valence-electron chi connectivity index (χ4n) is 2.19. The molecule has 0 spiro atoms. The number of ether oxygens (including phenoxy) is 2. The maximum atomic E-state index is 13.5. The van der Waals surface area contributed by atoms with E-state index in [0.29, 0.717) is 18.8 Å². The number of nitrogens with one attached hydrogen (secondary N) is 1. The van der Waals surface area contributed by atoms with Crippen LogP contribution in [0.25, 0.3) is 0 Å². The molecule has 0 aliphatic heterocycles. The zero-order chi connectivity index (χ0) is 18.4. The zero-order valence-electron chi connectivity index (χ0n) is 13.8. The van der Waals surface area contributed by atoms with Crippen LogP contribution in [-0.4, -0.2) is 30.8 Å². The maximum Gasteiger partial charge on any atom is 0.262 e. The van der Waals surface area contributed by atoms with E-state index in [-0.39, 0.29) is 5.75 Å². The van der Waals surface area contributed by atoms with Gasteiger partial charge in [0.05, 0.1) is 12.3 Å². The predicted molar refractivity (Wildman–Crippen MR) is 87.8 cm³/mol. The number of methoxy groups -OCH3 is 1. The molecule has 1 heterocycles. The summed E-state index contributed by atoms with van der Waals surface area (Å²) in [5.74, 6) is -2.57. The van der Waals surface area contributed by atoms with Crippen molar-refractivity contribution in [2.75, 3.05) is 25.6 Å².